The van der Waals surface area contributed by atoms with Crippen molar-refractivity contribution in [2.24, 2.45) is 11.1 Å². The summed E-state index contributed by atoms with van der Waals surface area (Å²) < 4.78 is 5.64. The van der Waals surface area contributed by atoms with Crippen LogP contribution in [0.1, 0.15) is 52.7 Å². The van der Waals surface area contributed by atoms with Crippen LogP contribution in [-0.2, 0) is 9.53 Å². The van der Waals surface area contributed by atoms with Crippen molar-refractivity contribution < 1.29 is 9.53 Å². The van der Waals surface area contributed by atoms with Gasteiger partial charge in [-0.3, -0.25) is 9.89 Å². The van der Waals surface area contributed by atoms with Crippen LogP contribution in [0, 0.1) is 5.41 Å². The number of nitrogens with one attached hydrogen (secondary N) is 2. The lowest BCUT2D eigenvalue weighted by Crippen LogP contribution is -2.74. The molecule has 6 heteroatoms. The average Bonchev–Trinajstić information content (AvgIpc) is 2.86. The van der Waals surface area contributed by atoms with Gasteiger partial charge in [-0.25, -0.2) is 0 Å². The lowest BCUT2D eigenvalue weighted by Gasteiger charge is -2.57. The fourth-order valence-corrected chi connectivity index (χ4v) is 2.74. The van der Waals surface area contributed by atoms with Gasteiger partial charge in [-0.1, -0.05) is 27.7 Å². The van der Waals surface area contributed by atoms with E-state index in [0.29, 0.717) is 24.8 Å². The van der Waals surface area contributed by atoms with Gasteiger partial charge in [0.2, 0.25) is 5.91 Å². The molecule has 2 unspecified atom stereocenters. The lowest BCUT2D eigenvalue weighted by molar-refractivity contribution is -0.166. The molecule has 1 heterocycles. The van der Waals surface area contributed by atoms with E-state index in [1.54, 1.807) is 0 Å². The monoisotopic (exact) mass is 294 g/mol. The van der Waals surface area contributed by atoms with E-state index >= 15 is 0 Å². The van der Waals surface area contributed by atoms with Crippen molar-refractivity contribution in [3.05, 3.63) is 11.8 Å². The molecular formula is C15H26N4O2. The van der Waals surface area contributed by atoms with Gasteiger partial charge in [0, 0.05) is 30.2 Å². The Kier molecular flexibility index (Phi) is 4.13. The molecule has 1 amide bonds. The third-order valence-electron chi connectivity index (χ3n) is 4.70. The highest BCUT2D eigenvalue weighted by molar-refractivity contribution is 5.99. The zero-order chi connectivity index (χ0) is 15.8. The van der Waals surface area contributed by atoms with E-state index in [4.69, 9.17) is 10.5 Å². The summed E-state index contributed by atoms with van der Waals surface area (Å²) in [7, 11) is 0. The number of hydrogen-bond acceptors (Lipinski definition) is 4. The molecule has 0 bridgehead atoms. The first-order valence-corrected chi connectivity index (χ1v) is 7.49. The van der Waals surface area contributed by atoms with Gasteiger partial charge in [0.05, 0.1) is 6.10 Å². The molecule has 1 saturated carbocycles. The summed E-state index contributed by atoms with van der Waals surface area (Å²) >= 11 is 0. The number of H-pyrrole nitrogens is 1. The third-order valence-corrected chi connectivity index (χ3v) is 4.70. The van der Waals surface area contributed by atoms with Crippen LogP contribution in [0.2, 0.25) is 0 Å². The van der Waals surface area contributed by atoms with Gasteiger partial charge in [-0.2, -0.15) is 5.10 Å². The second-order valence-electron chi connectivity index (χ2n) is 6.66. The van der Waals surface area contributed by atoms with Crippen molar-refractivity contribution in [2.75, 3.05) is 11.9 Å². The number of hydrogen-bond donors (Lipinski definition) is 3. The molecule has 0 aliphatic heterocycles. The van der Waals surface area contributed by atoms with Crippen molar-refractivity contribution in [3.63, 3.8) is 0 Å². The van der Waals surface area contributed by atoms with E-state index in [1.807, 2.05) is 26.8 Å². The highest BCUT2D eigenvalue weighted by Crippen LogP contribution is 2.50. The Hall–Kier alpha value is -1.40. The Labute approximate surface area is 125 Å². The Morgan fingerprint density at radius 2 is 2.29 bits per heavy atom. The molecule has 0 saturated heterocycles. The standard InChI is InChI=1S/C15H26N4O2/c1-6-21-11-8-15(16,14(11,4)5)13(20)17-12-7-10(9(2)3)18-19-12/h7,9,11H,6,8,16H2,1-5H3,(H2,17,18,19,20). The van der Waals surface area contributed by atoms with Crippen LogP contribution in [0.5, 0.6) is 0 Å². The number of carbonyl (C=O) groups is 1. The summed E-state index contributed by atoms with van der Waals surface area (Å²) in [6.45, 7) is 10.6. The van der Waals surface area contributed by atoms with Crippen LogP contribution in [0.15, 0.2) is 6.07 Å². The van der Waals surface area contributed by atoms with Gasteiger partial charge < -0.3 is 15.8 Å². The fourth-order valence-electron chi connectivity index (χ4n) is 2.74. The minimum Gasteiger partial charge on any atom is -0.378 e. The maximum Gasteiger partial charge on any atom is 0.246 e. The first-order valence-electron chi connectivity index (χ1n) is 7.49. The molecule has 2 rings (SSSR count). The van der Waals surface area contributed by atoms with Crippen LogP contribution < -0.4 is 11.1 Å². The number of carbonyl (C=O) groups excluding carboxylic acids is 1. The first-order chi connectivity index (χ1) is 9.72. The predicted molar refractivity (Wildman–Crippen MR) is 82.0 cm³/mol. The highest BCUT2D eigenvalue weighted by atomic mass is 16.5. The first kappa shape index (κ1) is 16.0. The molecule has 118 valence electrons. The van der Waals surface area contributed by atoms with Crippen LogP contribution in [-0.4, -0.2) is 34.4 Å². The van der Waals surface area contributed by atoms with E-state index in [9.17, 15) is 4.79 Å². The topological polar surface area (TPSA) is 93.0 Å². The number of anilines is 1. The number of aromatic amines is 1. The summed E-state index contributed by atoms with van der Waals surface area (Å²) in [5.41, 5.74) is 5.99. The van der Waals surface area contributed by atoms with Gasteiger partial charge in [-0.15, -0.1) is 0 Å². The van der Waals surface area contributed by atoms with E-state index in [1.165, 1.54) is 0 Å². The fraction of sp³-hybridized carbons (Fsp3) is 0.733. The van der Waals surface area contributed by atoms with Crippen molar-refractivity contribution in [1.29, 1.82) is 0 Å². The van der Waals surface area contributed by atoms with E-state index in [0.717, 1.165) is 5.69 Å². The molecule has 0 aromatic carbocycles. The number of ether oxygens (including phenoxy) is 1. The predicted octanol–water partition coefficient (Wildman–Crippen LogP) is 2.00. The van der Waals surface area contributed by atoms with Gasteiger partial charge in [0.15, 0.2) is 5.82 Å². The summed E-state index contributed by atoms with van der Waals surface area (Å²) in [5.74, 6) is 0.645. The Morgan fingerprint density at radius 3 is 2.76 bits per heavy atom. The van der Waals surface area contributed by atoms with Gasteiger partial charge >= 0.3 is 0 Å². The van der Waals surface area contributed by atoms with Crippen molar-refractivity contribution in [2.45, 2.75) is 58.6 Å². The number of aromatic nitrogens is 2. The lowest BCUT2D eigenvalue weighted by atomic mass is 9.54. The van der Waals surface area contributed by atoms with Crippen molar-refractivity contribution in [3.8, 4) is 0 Å². The summed E-state index contributed by atoms with van der Waals surface area (Å²) in [4.78, 5) is 12.5. The molecule has 2 atom stereocenters. The number of nitrogens with two attached hydrogens (primary N) is 1. The SMILES string of the molecule is CCOC1CC(N)(C(=O)Nc2cc(C(C)C)[nH]n2)C1(C)C. The molecule has 1 aromatic rings. The summed E-state index contributed by atoms with van der Waals surface area (Å²) in [5, 5.41) is 9.84. The molecule has 0 radical (unpaired) electrons. The summed E-state index contributed by atoms with van der Waals surface area (Å²) in [6.07, 6.45) is 0.546. The Bertz CT molecular complexity index is 523. The van der Waals surface area contributed by atoms with E-state index < -0.39 is 11.0 Å². The van der Waals surface area contributed by atoms with E-state index in [-0.39, 0.29) is 12.0 Å². The van der Waals surface area contributed by atoms with Gasteiger partial charge in [0.1, 0.15) is 5.54 Å². The quantitative estimate of drug-likeness (QED) is 0.774. The third kappa shape index (κ3) is 2.58. The zero-order valence-electron chi connectivity index (χ0n) is 13.5. The second-order valence-corrected chi connectivity index (χ2v) is 6.66. The largest absolute Gasteiger partial charge is 0.378 e. The number of nitrogens with zero attached hydrogens (tertiary/aromatic N) is 1. The molecule has 6 nitrogen and oxygen atoms in total. The zero-order valence-corrected chi connectivity index (χ0v) is 13.5. The molecule has 4 N–H and O–H groups in total. The van der Waals surface area contributed by atoms with Gasteiger partial charge in [0.25, 0.3) is 0 Å². The molecule has 1 aliphatic rings. The van der Waals surface area contributed by atoms with Crippen LogP contribution >= 0.6 is 0 Å². The van der Waals surface area contributed by atoms with E-state index in [2.05, 4.69) is 29.4 Å². The highest BCUT2D eigenvalue weighted by Gasteiger charge is 2.62. The second kappa shape index (κ2) is 5.42. The Balaban J connectivity index is 2.06. The normalized spacial score (nSPS) is 27.5. The molecule has 1 aliphatic carbocycles. The van der Waals surface area contributed by atoms with Crippen LogP contribution in [0.4, 0.5) is 5.82 Å². The van der Waals surface area contributed by atoms with Crippen LogP contribution in [0.3, 0.4) is 0 Å². The number of amides is 1. The summed E-state index contributed by atoms with van der Waals surface area (Å²) in [6, 6.07) is 1.84. The molecule has 1 aromatic heterocycles. The molecule has 1 fully saturated rings. The Morgan fingerprint density at radius 1 is 1.62 bits per heavy atom. The number of rotatable bonds is 5. The van der Waals surface area contributed by atoms with Crippen molar-refractivity contribution >= 4 is 11.7 Å². The minimum atomic E-state index is -0.927. The van der Waals surface area contributed by atoms with Crippen LogP contribution in [0.25, 0.3) is 0 Å². The van der Waals surface area contributed by atoms with Crippen molar-refractivity contribution in [1.82, 2.24) is 10.2 Å². The molecule has 21 heavy (non-hydrogen) atoms. The minimum absolute atomic E-state index is 0.0173. The average molecular weight is 294 g/mol. The van der Waals surface area contributed by atoms with Gasteiger partial charge in [-0.05, 0) is 12.8 Å². The smallest absolute Gasteiger partial charge is 0.246 e. The maximum absolute atomic E-state index is 12.5. The molecule has 0 spiro atoms. The maximum atomic E-state index is 12.5. The molecular weight excluding hydrogens is 268 g/mol.